The van der Waals surface area contributed by atoms with E-state index in [-0.39, 0.29) is 6.61 Å². The summed E-state index contributed by atoms with van der Waals surface area (Å²) in [7, 11) is 5.80. The fourth-order valence-electron chi connectivity index (χ4n) is 2.52. The first-order valence-corrected chi connectivity index (χ1v) is 7.88. The molecule has 0 aromatic heterocycles. The fraction of sp³-hybridized carbons (Fsp3) is 0.222. The largest absolute Gasteiger partial charge is 0.449 e. The van der Waals surface area contributed by atoms with Crippen LogP contribution in [0.5, 0.6) is 0 Å². The molecule has 0 saturated heterocycles. The lowest BCUT2D eigenvalue weighted by atomic mass is 9.88. The smallest absolute Gasteiger partial charge is 0.411 e. The lowest BCUT2D eigenvalue weighted by Crippen LogP contribution is -2.16. The van der Waals surface area contributed by atoms with E-state index >= 15 is 0 Å². The Kier molecular flexibility index (Phi) is 5.94. The molecule has 4 nitrogen and oxygen atoms in total. The number of aryl methyl sites for hydroxylation is 2. The van der Waals surface area contributed by atoms with E-state index in [2.05, 4.69) is 17.9 Å². The normalized spacial score (nSPS) is 10.1. The van der Waals surface area contributed by atoms with Crippen LogP contribution in [0.25, 0.3) is 0 Å². The maximum absolute atomic E-state index is 11.9. The van der Waals surface area contributed by atoms with Gasteiger partial charge < -0.3 is 4.74 Å². The Balaban J connectivity index is 1.92. The maximum atomic E-state index is 11.9. The number of nitrogens with one attached hydrogen (secondary N) is 1. The molecule has 1 N–H and O–H groups in total. The number of ether oxygens (including phenoxy) is 1. The van der Waals surface area contributed by atoms with Crippen LogP contribution in [0.3, 0.4) is 0 Å². The number of amides is 1. The molecule has 120 valence electrons. The molecular formula is C18H17BN2O2S. The number of carbonyl (C=O) groups excluding carboxylic acids is 1. The maximum Gasteiger partial charge on any atom is 0.411 e. The van der Waals surface area contributed by atoms with E-state index in [1.165, 1.54) is 0 Å². The summed E-state index contributed by atoms with van der Waals surface area (Å²) in [5.74, 6) is 0. The minimum Gasteiger partial charge on any atom is -0.449 e. The molecule has 2 aromatic rings. The van der Waals surface area contributed by atoms with Crippen LogP contribution >= 0.6 is 12.6 Å². The molecule has 0 saturated carbocycles. The van der Waals surface area contributed by atoms with E-state index < -0.39 is 6.09 Å². The van der Waals surface area contributed by atoms with Gasteiger partial charge in [0.1, 0.15) is 13.9 Å². The molecular weight excluding hydrogens is 319 g/mol. The van der Waals surface area contributed by atoms with Gasteiger partial charge in [0.2, 0.25) is 0 Å². The van der Waals surface area contributed by atoms with Crippen LogP contribution in [0.2, 0.25) is 0 Å². The van der Waals surface area contributed by atoms with Crippen molar-refractivity contribution in [3.05, 3.63) is 52.6 Å². The first kappa shape index (κ1) is 18.0. The van der Waals surface area contributed by atoms with Gasteiger partial charge in [-0.2, -0.15) is 5.26 Å². The molecule has 0 bridgehead atoms. The van der Waals surface area contributed by atoms with Gasteiger partial charge in [-0.1, -0.05) is 17.6 Å². The van der Waals surface area contributed by atoms with Crippen LogP contribution < -0.4 is 10.8 Å². The Morgan fingerprint density at radius 1 is 1.29 bits per heavy atom. The summed E-state index contributed by atoms with van der Waals surface area (Å²) in [6.07, 6.45) is 0.0567. The minimum atomic E-state index is -0.559. The standard InChI is InChI=1S/C18H17BN2O2S/c1-11-7-14(19)8-12(2)16(11)5-6-23-18(22)21-15-3-4-17(24)13(9-15)10-20/h3-4,7-9,24H,5-6H2,1-2H3,(H,21,22). The molecule has 0 aliphatic rings. The molecule has 2 aromatic carbocycles. The number of hydrogen-bond donors (Lipinski definition) is 2. The second kappa shape index (κ2) is 7.94. The first-order valence-electron chi connectivity index (χ1n) is 7.43. The number of thiol groups is 1. The lowest BCUT2D eigenvalue weighted by Gasteiger charge is -2.12. The summed E-state index contributed by atoms with van der Waals surface area (Å²) in [5.41, 5.74) is 4.91. The molecule has 2 rings (SSSR count). The summed E-state index contributed by atoms with van der Waals surface area (Å²) in [4.78, 5) is 12.4. The van der Waals surface area contributed by atoms with Gasteiger partial charge in [0.25, 0.3) is 0 Å². The highest BCUT2D eigenvalue weighted by Gasteiger charge is 2.08. The summed E-state index contributed by atoms with van der Waals surface area (Å²) < 4.78 is 5.21. The van der Waals surface area contributed by atoms with E-state index in [9.17, 15) is 4.79 Å². The third-order valence-electron chi connectivity index (χ3n) is 3.67. The van der Waals surface area contributed by atoms with Crippen molar-refractivity contribution in [3.63, 3.8) is 0 Å². The van der Waals surface area contributed by atoms with Gasteiger partial charge in [0.05, 0.1) is 12.2 Å². The molecule has 0 spiro atoms. The summed E-state index contributed by atoms with van der Waals surface area (Å²) in [6, 6.07) is 10.7. The topological polar surface area (TPSA) is 62.1 Å². The van der Waals surface area contributed by atoms with Crippen molar-refractivity contribution in [2.45, 2.75) is 25.2 Å². The van der Waals surface area contributed by atoms with Crippen molar-refractivity contribution in [2.24, 2.45) is 0 Å². The third-order valence-corrected chi connectivity index (χ3v) is 4.06. The van der Waals surface area contributed by atoms with Crippen molar-refractivity contribution in [1.82, 2.24) is 0 Å². The Labute approximate surface area is 148 Å². The van der Waals surface area contributed by atoms with Crippen molar-refractivity contribution >= 4 is 37.7 Å². The Morgan fingerprint density at radius 3 is 2.58 bits per heavy atom. The number of benzene rings is 2. The Morgan fingerprint density at radius 2 is 1.96 bits per heavy atom. The predicted molar refractivity (Wildman–Crippen MR) is 98.4 cm³/mol. The van der Waals surface area contributed by atoms with E-state index in [4.69, 9.17) is 17.8 Å². The molecule has 24 heavy (non-hydrogen) atoms. The van der Waals surface area contributed by atoms with Gasteiger partial charge in [-0.3, -0.25) is 5.32 Å². The molecule has 0 fully saturated rings. The van der Waals surface area contributed by atoms with Crippen molar-refractivity contribution in [1.29, 1.82) is 5.26 Å². The predicted octanol–water partition coefficient (Wildman–Crippen LogP) is 3.05. The zero-order valence-corrected chi connectivity index (χ0v) is 14.5. The molecule has 6 heteroatoms. The second-order valence-electron chi connectivity index (χ2n) is 5.49. The van der Waals surface area contributed by atoms with Crippen molar-refractivity contribution in [2.75, 3.05) is 11.9 Å². The first-order chi connectivity index (χ1) is 11.4. The van der Waals surface area contributed by atoms with Crippen LogP contribution in [0, 0.1) is 25.2 Å². The van der Waals surface area contributed by atoms with Crippen LogP contribution in [0.4, 0.5) is 10.5 Å². The number of anilines is 1. The monoisotopic (exact) mass is 336 g/mol. The highest BCUT2D eigenvalue weighted by molar-refractivity contribution is 7.80. The molecule has 0 aliphatic heterocycles. The van der Waals surface area contributed by atoms with Gasteiger partial charge in [0, 0.05) is 17.0 Å². The summed E-state index contributed by atoms with van der Waals surface area (Å²) >= 11 is 4.16. The summed E-state index contributed by atoms with van der Waals surface area (Å²) in [5, 5.41) is 11.6. The SMILES string of the molecule is [B]c1cc(C)c(CCOC(=O)Nc2ccc(S)c(C#N)c2)c(C)c1. The van der Waals surface area contributed by atoms with Gasteiger partial charge >= 0.3 is 6.09 Å². The Bertz CT molecular complexity index is 792. The number of hydrogen-bond acceptors (Lipinski definition) is 4. The highest BCUT2D eigenvalue weighted by atomic mass is 32.1. The molecule has 2 radical (unpaired) electrons. The second-order valence-corrected chi connectivity index (χ2v) is 5.97. The average Bonchev–Trinajstić information content (AvgIpc) is 2.51. The van der Waals surface area contributed by atoms with E-state index in [1.54, 1.807) is 18.2 Å². The van der Waals surface area contributed by atoms with Gasteiger partial charge in [-0.15, -0.1) is 12.6 Å². The van der Waals surface area contributed by atoms with Crippen LogP contribution in [-0.4, -0.2) is 20.5 Å². The summed E-state index contributed by atoms with van der Waals surface area (Å²) in [6.45, 7) is 4.23. The van der Waals surface area contributed by atoms with Crippen LogP contribution in [0.15, 0.2) is 35.2 Å². The highest BCUT2D eigenvalue weighted by Crippen LogP contribution is 2.18. The molecule has 0 aliphatic carbocycles. The Hall–Kier alpha value is -2.39. The van der Waals surface area contributed by atoms with Gasteiger partial charge in [0.15, 0.2) is 0 Å². The van der Waals surface area contributed by atoms with E-state index in [1.807, 2.05) is 32.0 Å². The average molecular weight is 336 g/mol. The fourth-order valence-corrected chi connectivity index (χ4v) is 2.71. The lowest BCUT2D eigenvalue weighted by molar-refractivity contribution is 0.163. The zero-order chi connectivity index (χ0) is 17.7. The molecule has 0 atom stereocenters. The molecule has 0 heterocycles. The molecule has 0 unspecified atom stereocenters. The number of nitrogens with zero attached hydrogens (tertiary/aromatic N) is 1. The van der Waals surface area contributed by atoms with E-state index in [0.29, 0.717) is 22.6 Å². The minimum absolute atomic E-state index is 0.257. The number of rotatable bonds is 4. The van der Waals surface area contributed by atoms with Crippen LogP contribution in [0.1, 0.15) is 22.3 Å². The van der Waals surface area contributed by atoms with Crippen LogP contribution in [-0.2, 0) is 11.2 Å². The molecule has 1 amide bonds. The number of nitriles is 1. The number of carbonyl (C=O) groups is 1. The third kappa shape index (κ3) is 4.56. The van der Waals surface area contributed by atoms with E-state index in [0.717, 1.165) is 22.2 Å². The van der Waals surface area contributed by atoms with Crippen molar-refractivity contribution in [3.8, 4) is 6.07 Å². The van der Waals surface area contributed by atoms with Gasteiger partial charge in [-0.05, 0) is 48.7 Å². The quantitative estimate of drug-likeness (QED) is 0.666. The van der Waals surface area contributed by atoms with Crippen molar-refractivity contribution < 1.29 is 9.53 Å². The van der Waals surface area contributed by atoms with Gasteiger partial charge in [-0.25, -0.2) is 4.79 Å². The zero-order valence-electron chi connectivity index (χ0n) is 13.6.